The fourth-order valence-electron chi connectivity index (χ4n) is 4.31. The third-order valence-corrected chi connectivity index (χ3v) is 5.80. The number of benzene rings is 2. The van der Waals surface area contributed by atoms with Gasteiger partial charge in [0.05, 0.1) is 30.2 Å². The summed E-state index contributed by atoms with van der Waals surface area (Å²) in [5.74, 6) is 1.20. The monoisotopic (exact) mass is 456 g/mol. The van der Waals surface area contributed by atoms with Crippen molar-refractivity contribution in [1.82, 2.24) is 4.98 Å². The standard InChI is InChI=1S/C27H24N2O5/c1-4-32-20-12-11-17(14-21(20)33-5-2)24-23-25(30)18-8-6-7-9-19(18)34-26(23)27(31)29(24)22-13-10-16(3)15-28-22/h6-15,24H,4-5H2,1-3H3/t24-/m1/s1. The van der Waals surface area contributed by atoms with Crippen LogP contribution in [0.4, 0.5) is 5.82 Å². The summed E-state index contributed by atoms with van der Waals surface area (Å²) >= 11 is 0. The van der Waals surface area contributed by atoms with Gasteiger partial charge in [-0.3, -0.25) is 14.5 Å². The maximum atomic E-state index is 13.6. The van der Waals surface area contributed by atoms with Crippen molar-refractivity contribution >= 4 is 22.7 Å². The van der Waals surface area contributed by atoms with Gasteiger partial charge in [0.2, 0.25) is 5.76 Å². The second-order valence-electron chi connectivity index (χ2n) is 8.01. The zero-order valence-electron chi connectivity index (χ0n) is 19.2. The highest BCUT2D eigenvalue weighted by Gasteiger charge is 2.44. The number of fused-ring (bicyclic) bond motifs is 2. The Bertz CT molecular complexity index is 1440. The molecule has 0 radical (unpaired) electrons. The van der Waals surface area contributed by atoms with Gasteiger partial charge in [-0.15, -0.1) is 0 Å². The Balaban J connectivity index is 1.76. The molecule has 0 spiro atoms. The lowest BCUT2D eigenvalue weighted by Gasteiger charge is -2.25. The van der Waals surface area contributed by atoms with Crippen LogP contribution in [0.15, 0.2) is 70.0 Å². The minimum atomic E-state index is -0.728. The van der Waals surface area contributed by atoms with Crippen molar-refractivity contribution in [2.24, 2.45) is 0 Å². The molecule has 2 aromatic carbocycles. The van der Waals surface area contributed by atoms with E-state index < -0.39 is 11.9 Å². The van der Waals surface area contributed by atoms with Crippen LogP contribution < -0.4 is 19.8 Å². The van der Waals surface area contributed by atoms with Gasteiger partial charge in [-0.25, -0.2) is 4.98 Å². The van der Waals surface area contributed by atoms with Crippen molar-refractivity contribution in [1.29, 1.82) is 0 Å². The van der Waals surface area contributed by atoms with Crippen molar-refractivity contribution in [3.8, 4) is 11.5 Å². The van der Waals surface area contributed by atoms with E-state index in [4.69, 9.17) is 13.9 Å². The van der Waals surface area contributed by atoms with E-state index in [1.807, 2.05) is 39.0 Å². The molecule has 1 amide bonds. The number of nitrogens with zero attached hydrogens (tertiary/aromatic N) is 2. The number of aromatic nitrogens is 1. The number of carbonyl (C=O) groups is 1. The molecule has 7 heteroatoms. The van der Waals surface area contributed by atoms with Gasteiger partial charge >= 0.3 is 0 Å². The maximum Gasteiger partial charge on any atom is 0.296 e. The van der Waals surface area contributed by atoms with E-state index in [0.717, 1.165) is 5.56 Å². The topological polar surface area (TPSA) is 81.9 Å². The predicted molar refractivity (Wildman–Crippen MR) is 129 cm³/mol. The Morgan fingerprint density at radius 1 is 0.971 bits per heavy atom. The number of para-hydroxylation sites is 1. The van der Waals surface area contributed by atoms with Crippen LogP contribution >= 0.6 is 0 Å². The molecule has 7 nitrogen and oxygen atoms in total. The molecule has 2 aromatic heterocycles. The first-order valence-corrected chi connectivity index (χ1v) is 11.2. The molecule has 0 N–H and O–H groups in total. The van der Waals surface area contributed by atoms with E-state index in [0.29, 0.717) is 47.1 Å². The Labute approximate surface area is 196 Å². The van der Waals surface area contributed by atoms with E-state index in [1.54, 1.807) is 42.6 Å². The number of anilines is 1. The quantitative estimate of drug-likeness (QED) is 0.404. The molecule has 1 atom stereocenters. The molecule has 4 aromatic rings. The highest BCUT2D eigenvalue weighted by atomic mass is 16.5. The molecule has 0 unspecified atom stereocenters. The average Bonchev–Trinajstić information content (AvgIpc) is 3.14. The van der Waals surface area contributed by atoms with E-state index in [9.17, 15) is 9.59 Å². The van der Waals surface area contributed by atoms with Crippen LogP contribution in [-0.2, 0) is 0 Å². The van der Waals surface area contributed by atoms with E-state index in [1.165, 1.54) is 4.90 Å². The maximum absolute atomic E-state index is 13.6. The summed E-state index contributed by atoms with van der Waals surface area (Å²) in [5, 5.41) is 0.425. The Hall–Kier alpha value is -4.13. The van der Waals surface area contributed by atoms with Crippen molar-refractivity contribution < 1.29 is 18.7 Å². The number of amides is 1. The van der Waals surface area contributed by atoms with Crippen LogP contribution in [0, 0.1) is 6.92 Å². The lowest BCUT2D eigenvalue weighted by Crippen LogP contribution is -2.30. The van der Waals surface area contributed by atoms with Crippen molar-refractivity contribution in [2.45, 2.75) is 26.8 Å². The summed E-state index contributed by atoms with van der Waals surface area (Å²) in [6, 6.07) is 15.3. The molecule has 5 rings (SSSR count). The Kier molecular flexibility index (Phi) is 5.53. The normalized spacial score (nSPS) is 15.0. The summed E-state index contributed by atoms with van der Waals surface area (Å²) in [5.41, 5.74) is 2.08. The highest BCUT2D eigenvalue weighted by molar-refractivity contribution is 6.10. The summed E-state index contributed by atoms with van der Waals surface area (Å²) in [4.78, 5) is 33.3. The molecule has 0 bridgehead atoms. The van der Waals surface area contributed by atoms with E-state index in [-0.39, 0.29) is 16.8 Å². The minimum absolute atomic E-state index is 0.0305. The first-order valence-electron chi connectivity index (χ1n) is 11.2. The summed E-state index contributed by atoms with van der Waals surface area (Å²) in [6.07, 6.45) is 1.69. The zero-order chi connectivity index (χ0) is 23.8. The highest BCUT2D eigenvalue weighted by Crippen LogP contribution is 2.42. The summed E-state index contributed by atoms with van der Waals surface area (Å²) < 4.78 is 17.5. The molecular formula is C27H24N2O5. The van der Waals surface area contributed by atoms with Crippen molar-refractivity contribution in [2.75, 3.05) is 18.1 Å². The Morgan fingerprint density at radius 3 is 2.47 bits per heavy atom. The predicted octanol–water partition coefficient (Wildman–Crippen LogP) is 5.04. The van der Waals surface area contributed by atoms with Gasteiger partial charge in [0, 0.05) is 6.20 Å². The SMILES string of the molecule is CCOc1ccc([C@@H]2c3c(oc4ccccc4c3=O)C(=O)N2c2ccc(C)cn2)cc1OCC. The molecule has 0 fully saturated rings. The van der Waals surface area contributed by atoms with E-state index in [2.05, 4.69) is 4.98 Å². The van der Waals surface area contributed by atoms with Crippen LogP contribution in [-0.4, -0.2) is 24.1 Å². The van der Waals surface area contributed by atoms with E-state index >= 15 is 0 Å². The second-order valence-corrected chi connectivity index (χ2v) is 8.01. The molecule has 172 valence electrons. The minimum Gasteiger partial charge on any atom is -0.490 e. The number of hydrogen-bond acceptors (Lipinski definition) is 6. The number of carbonyl (C=O) groups excluding carboxylic acids is 1. The van der Waals surface area contributed by atoms with Gasteiger partial charge in [0.1, 0.15) is 11.4 Å². The van der Waals surface area contributed by atoms with Crippen LogP contribution in [0.1, 0.15) is 47.1 Å². The van der Waals surface area contributed by atoms with Gasteiger partial charge in [-0.1, -0.05) is 24.3 Å². The molecule has 3 heterocycles. The van der Waals surface area contributed by atoms with Crippen LogP contribution in [0.3, 0.4) is 0 Å². The van der Waals surface area contributed by atoms with Crippen molar-refractivity contribution in [3.63, 3.8) is 0 Å². The Morgan fingerprint density at radius 2 is 1.74 bits per heavy atom. The molecule has 0 saturated heterocycles. The number of aryl methyl sites for hydroxylation is 1. The second kappa shape index (κ2) is 8.67. The number of ether oxygens (including phenoxy) is 2. The molecule has 0 aliphatic carbocycles. The number of hydrogen-bond donors (Lipinski definition) is 0. The lowest BCUT2D eigenvalue weighted by molar-refractivity contribution is 0.0970. The smallest absolute Gasteiger partial charge is 0.296 e. The summed E-state index contributed by atoms with van der Waals surface area (Å²) in [7, 11) is 0. The number of rotatable bonds is 6. The molecule has 1 aliphatic heterocycles. The molecule has 1 aliphatic rings. The van der Waals surface area contributed by atoms with Gasteiger partial charge in [0.25, 0.3) is 5.91 Å². The first kappa shape index (κ1) is 21.7. The molecule has 0 saturated carbocycles. The van der Waals surface area contributed by atoms with Crippen LogP contribution in [0.25, 0.3) is 11.0 Å². The largest absolute Gasteiger partial charge is 0.490 e. The fraction of sp³-hybridized carbons (Fsp3) is 0.222. The number of pyridine rings is 1. The molecular weight excluding hydrogens is 432 g/mol. The molecule has 34 heavy (non-hydrogen) atoms. The fourth-order valence-corrected chi connectivity index (χ4v) is 4.31. The van der Waals surface area contributed by atoms with Crippen molar-refractivity contribution in [3.05, 3.63) is 93.5 Å². The lowest BCUT2D eigenvalue weighted by atomic mass is 9.98. The third kappa shape index (κ3) is 3.50. The van der Waals surface area contributed by atoms with Crippen LogP contribution in [0.2, 0.25) is 0 Å². The first-order chi connectivity index (χ1) is 16.5. The van der Waals surface area contributed by atoms with Gasteiger partial charge in [0.15, 0.2) is 16.9 Å². The average molecular weight is 456 g/mol. The van der Waals surface area contributed by atoms with Gasteiger partial charge in [-0.05, 0) is 62.2 Å². The third-order valence-electron chi connectivity index (χ3n) is 5.80. The van der Waals surface area contributed by atoms with Crippen LogP contribution in [0.5, 0.6) is 11.5 Å². The summed E-state index contributed by atoms with van der Waals surface area (Å²) in [6.45, 7) is 6.64. The zero-order valence-corrected chi connectivity index (χ0v) is 19.2. The van der Waals surface area contributed by atoms with Gasteiger partial charge in [-0.2, -0.15) is 0 Å². The van der Waals surface area contributed by atoms with Gasteiger partial charge < -0.3 is 13.9 Å².